The molecule has 0 radical (unpaired) electrons. The third kappa shape index (κ3) is 2.46. The molecule has 3 aliphatic rings. The number of aryl methyl sites for hydroxylation is 1. The number of rotatable bonds is 4. The summed E-state index contributed by atoms with van der Waals surface area (Å²) in [6.07, 6.45) is 1.16. The van der Waals surface area contributed by atoms with Crippen LogP contribution in [0.3, 0.4) is 0 Å². The van der Waals surface area contributed by atoms with Crippen LogP contribution in [0, 0.1) is 12.8 Å². The van der Waals surface area contributed by atoms with Crippen molar-refractivity contribution in [1.82, 2.24) is 19.8 Å². The Bertz CT molecular complexity index is 803. The first-order chi connectivity index (χ1) is 12.3. The molecule has 26 heavy (non-hydrogen) atoms. The molecule has 1 fully saturated rings. The predicted molar refractivity (Wildman–Crippen MR) is 96.3 cm³/mol. The summed E-state index contributed by atoms with van der Waals surface area (Å²) < 4.78 is 11.9. The van der Waals surface area contributed by atoms with E-state index in [2.05, 4.69) is 42.5 Å². The summed E-state index contributed by atoms with van der Waals surface area (Å²) in [7, 11) is 0. The molecule has 0 saturated heterocycles. The molecule has 0 spiro atoms. The minimum absolute atomic E-state index is 0.0880. The highest BCUT2D eigenvalue weighted by Crippen LogP contribution is 2.56. The Morgan fingerprint density at radius 3 is 2.42 bits per heavy atom. The number of hydrogen-bond acceptors (Lipinski definition) is 6. The predicted octanol–water partition coefficient (Wildman–Crippen LogP) is 3.59. The van der Waals surface area contributed by atoms with E-state index in [1.54, 1.807) is 0 Å². The zero-order chi connectivity index (χ0) is 18.2. The molecule has 0 amide bonds. The standard InChI is InChI=1S/C20H28N4O2/c1-11(2)23-7-15-17(9-23)26-19(22-15)13-6-14(13)20(4,5)24-8-16-18(10-24)25-12(3)21-16/h11,13-14H,6-10H2,1-5H3. The summed E-state index contributed by atoms with van der Waals surface area (Å²) in [5.74, 6) is 4.88. The zero-order valence-electron chi connectivity index (χ0n) is 16.4. The highest BCUT2D eigenvalue weighted by atomic mass is 16.4. The van der Waals surface area contributed by atoms with Crippen LogP contribution in [0.2, 0.25) is 0 Å². The van der Waals surface area contributed by atoms with Gasteiger partial charge in [-0.3, -0.25) is 9.80 Å². The van der Waals surface area contributed by atoms with E-state index < -0.39 is 0 Å². The largest absolute Gasteiger partial charge is 0.444 e. The van der Waals surface area contributed by atoms with E-state index in [0.717, 1.165) is 67.3 Å². The molecule has 140 valence electrons. The Hall–Kier alpha value is -1.66. The second kappa shape index (κ2) is 5.42. The highest BCUT2D eigenvalue weighted by molar-refractivity contribution is 5.23. The number of aromatic nitrogens is 2. The molecule has 2 unspecified atom stereocenters. The van der Waals surface area contributed by atoms with E-state index in [1.807, 2.05) is 6.92 Å². The van der Waals surface area contributed by atoms with Crippen molar-refractivity contribution in [2.45, 2.75) is 84.7 Å². The van der Waals surface area contributed by atoms with Crippen LogP contribution in [0.15, 0.2) is 8.83 Å². The summed E-state index contributed by atoms with van der Waals surface area (Å²) in [4.78, 5) is 14.3. The van der Waals surface area contributed by atoms with Crippen molar-refractivity contribution >= 4 is 0 Å². The van der Waals surface area contributed by atoms with Crippen LogP contribution >= 0.6 is 0 Å². The molecule has 4 heterocycles. The molecule has 1 saturated carbocycles. The average molecular weight is 356 g/mol. The van der Waals surface area contributed by atoms with Crippen LogP contribution in [0.5, 0.6) is 0 Å². The summed E-state index contributed by atoms with van der Waals surface area (Å²) >= 11 is 0. The molecule has 0 aromatic carbocycles. The monoisotopic (exact) mass is 356 g/mol. The maximum absolute atomic E-state index is 6.18. The molecule has 0 bridgehead atoms. The number of fused-ring (bicyclic) bond motifs is 2. The van der Waals surface area contributed by atoms with Gasteiger partial charge in [-0.25, -0.2) is 9.97 Å². The van der Waals surface area contributed by atoms with E-state index in [1.165, 1.54) is 0 Å². The van der Waals surface area contributed by atoms with Crippen molar-refractivity contribution in [2.24, 2.45) is 5.92 Å². The molecule has 0 N–H and O–H groups in total. The molecule has 2 atom stereocenters. The summed E-state index contributed by atoms with van der Waals surface area (Å²) in [5, 5.41) is 0. The molecular weight excluding hydrogens is 328 g/mol. The van der Waals surface area contributed by atoms with Gasteiger partial charge in [0.2, 0.25) is 0 Å². The smallest absolute Gasteiger partial charge is 0.198 e. The molecule has 2 aromatic heterocycles. The quantitative estimate of drug-likeness (QED) is 0.834. The van der Waals surface area contributed by atoms with Gasteiger partial charge in [-0.15, -0.1) is 0 Å². The van der Waals surface area contributed by atoms with Crippen molar-refractivity contribution in [1.29, 1.82) is 0 Å². The summed E-state index contributed by atoms with van der Waals surface area (Å²) in [5.41, 5.74) is 2.35. The lowest BCUT2D eigenvalue weighted by molar-refractivity contribution is 0.0865. The van der Waals surface area contributed by atoms with E-state index in [0.29, 0.717) is 17.9 Å². The molecule has 2 aliphatic heterocycles. The zero-order valence-corrected chi connectivity index (χ0v) is 16.4. The van der Waals surface area contributed by atoms with Gasteiger partial charge >= 0.3 is 0 Å². The molecule has 1 aliphatic carbocycles. The number of hydrogen-bond donors (Lipinski definition) is 0. The first-order valence-corrected chi connectivity index (χ1v) is 9.75. The van der Waals surface area contributed by atoms with Crippen LogP contribution in [0.4, 0.5) is 0 Å². The maximum atomic E-state index is 6.18. The molecule has 5 rings (SSSR count). The van der Waals surface area contributed by atoms with Gasteiger partial charge in [-0.2, -0.15) is 0 Å². The van der Waals surface area contributed by atoms with Crippen LogP contribution in [0.1, 0.15) is 74.7 Å². The molecule has 6 heteroatoms. The van der Waals surface area contributed by atoms with Crippen molar-refractivity contribution in [3.8, 4) is 0 Å². The molecule has 6 nitrogen and oxygen atoms in total. The lowest BCUT2D eigenvalue weighted by Gasteiger charge is -2.35. The fourth-order valence-corrected chi connectivity index (χ4v) is 4.67. The number of oxazole rings is 2. The average Bonchev–Trinajstić information content (AvgIpc) is 2.83. The van der Waals surface area contributed by atoms with E-state index in [-0.39, 0.29) is 5.54 Å². The number of nitrogens with zero attached hydrogens (tertiary/aromatic N) is 4. The minimum atomic E-state index is 0.0880. The lowest BCUT2D eigenvalue weighted by Crippen LogP contribution is -2.42. The van der Waals surface area contributed by atoms with Gasteiger partial charge in [-0.1, -0.05) is 0 Å². The van der Waals surface area contributed by atoms with Crippen LogP contribution in [-0.2, 0) is 26.2 Å². The maximum Gasteiger partial charge on any atom is 0.198 e. The molecule has 2 aromatic rings. The van der Waals surface area contributed by atoms with Crippen LogP contribution in [-0.4, -0.2) is 31.3 Å². The normalized spacial score (nSPS) is 25.9. The first-order valence-electron chi connectivity index (χ1n) is 9.75. The van der Waals surface area contributed by atoms with Gasteiger partial charge < -0.3 is 8.83 Å². The fraction of sp³-hybridized carbons (Fsp3) is 0.700. The van der Waals surface area contributed by atoms with Crippen LogP contribution < -0.4 is 0 Å². The summed E-state index contributed by atoms with van der Waals surface area (Å²) in [6, 6.07) is 0.536. The van der Waals surface area contributed by atoms with Crippen molar-refractivity contribution in [3.63, 3.8) is 0 Å². The van der Waals surface area contributed by atoms with Gasteiger partial charge in [0, 0.05) is 37.5 Å². The van der Waals surface area contributed by atoms with Gasteiger partial charge in [0.25, 0.3) is 0 Å². The Kier molecular flexibility index (Phi) is 3.44. The minimum Gasteiger partial charge on any atom is -0.444 e. The van der Waals surface area contributed by atoms with Gasteiger partial charge in [0.1, 0.15) is 11.5 Å². The van der Waals surface area contributed by atoms with E-state index >= 15 is 0 Å². The highest BCUT2D eigenvalue weighted by Gasteiger charge is 2.54. The fourth-order valence-electron chi connectivity index (χ4n) is 4.67. The molecular formula is C20H28N4O2. The SMILES string of the molecule is Cc1nc2c(o1)CN(C(C)(C)C1CC1c1nc3c(o1)CN(C(C)C)C3)C2. The van der Waals surface area contributed by atoms with Crippen molar-refractivity contribution < 1.29 is 8.83 Å². The lowest BCUT2D eigenvalue weighted by atomic mass is 9.94. The third-order valence-electron chi connectivity index (χ3n) is 6.61. The Balaban J connectivity index is 1.28. The second-order valence-corrected chi connectivity index (χ2v) is 8.98. The first kappa shape index (κ1) is 16.5. The topological polar surface area (TPSA) is 58.5 Å². The Morgan fingerprint density at radius 1 is 1.00 bits per heavy atom. The Labute approximate surface area is 154 Å². The van der Waals surface area contributed by atoms with Gasteiger partial charge in [0.05, 0.1) is 24.5 Å². The van der Waals surface area contributed by atoms with E-state index in [9.17, 15) is 0 Å². The van der Waals surface area contributed by atoms with Crippen LogP contribution in [0.25, 0.3) is 0 Å². The Morgan fingerprint density at radius 2 is 1.73 bits per heavy atom. The van der Waals surface area contributed by atoms with Crippen molar-refractivity contribution in [3.05, 3.63) is 34.7 Å². The second-order valence-electron chi connectivity index (χ2n) is 8.98. The van der Waals surface area contributed by atoms with Crippen molar-refractivity contribution in [2.75, 3.05) is 0 Å². The van der Waals surface area contributed by atoms with Gasteiger partial charge in [0.15, 0.2) is 11.8 Å². The van der Waals surface area contributed by atoms with E-state index in [4.69, 9.17) is 13.8 Å². The third-order valence-corrected chi connectivity index (χ3v) is 6.61. The van der Waals surface area contributed by atoms with Gasteiger partial charge in [-0.05, 0) is 40.0 Å². The summed E-state index contributed by atoms with van der Waals surface area (Å²) in [6.45, 7) is 14.6.